The molecule has 0 fully saturated rings. The quantitative estimate of drug-likeness (QED) is 0.864. The lowest BCUT2D eigenvalue weighted by Crippen LogP contribution is -2.28. The molecule has 128 valence electrons. The minimum absolute atomic E-state index is 0.128. The lowest BCUT2D eigenvalue weighted by molar-refractivity contribution is 0.0950. The summed E-state index contributed by atoms with van der Waals surface area (Å²) in [6, 6.07) is 6.54. The van der Waals surface area contributed by atoms with Crippen molar-refractivity contribution >= 4 is 5.91 Å². The largest absolute Gasteiger partial charge is 0.493 e. The molecule has 0 unspecified atom stereocenters. The first-order chi connectivity index (χ1) is 11.5. The number of aryl methyl sites for hydroxylation is 1. The molecule has 0 aliphatic rings. The van der Waals surface area contributed by atoms with Crippen molar-refractivity contribution < 1.29 is 19.0 Å². The normalized spacial score (nSPS) is 10.2. The number of nitrogens with zero attached hydrogens (tertiary/aromatic N) is 1. The number of hydrogen-bond donors (Lipinski definition) is 1. The van der Waals surface area contributed by atoms with E-state index in [1.165, 1.54) is 25.9 Å². The van der Waals surface area contributed by atoms with Crippen LogP contribution in [0.25, 0.3) is 0 Å². The predicted octanol–water partition coefficient (Wildman–Crippen LogP) is 1.34. The Kier molecular flexibility index (Phi) is 5.47. The molecule has 0 bridgehead atoms. The van der Waals surface area contributed by atoms with E-state index >= 15 is 0 Å². The van der Waals surface area contributed by atoms with Crippen molar-refractivity contribution in [3.8, 4) is 17.2 Å². The van der Waals surface area contributed by atoms with E-state index in [-0.39, 0.29) is 18.0 Å². The molecule has 0 aliphatic heterocycles. The summed E-state index contributed by atoms with van der Waals surface area (Å²) in [6.45, 7) is 0.128. The molecule has 0 spiro atoms. The maximum atomic E-state index is 12.4. The van der Waals surface area contributed by atoms with Gasteiger partial charge in [-0.2, -0.15) is 0 Å². The minimum Gasteiger partial charge on any atom is -0.493 e. The SMILES string of the molecule is COc1cc(C(=O)NCc2cccn(C)c2=O)cc(OC)c1OC. The molecule has 1 N–H and O–H groups in total. The van der Waals surface area contributed by atoms with Gasteiger partial charge >= 0.3 is 0 Å². The average Bonchev–Trinajstić information content (AvgIpc) is 2.61. The molecule has 24 heavy (non-hydrogen) atoms. The highest BCUT2D eigenvalue weighted by molar-refractivity contribution is 5.95. The van der Waals surface area contributed by atoms with E-state index in [1.54, 1.807) is 37.5 Å². The molecular weight excluding hydrogens is 312 g/mol. The van der Waals surface area contributed by atoms with Gasteiger partial charge < -0.3 is 24.1 Å². The molecular formula is C17H20N2O5. The van der Waals surface area contributed by atoms with Crippen LogP contribution in [-0.2, 0) is 13.6 Å². The summed E-state index contributed by atoms with van der Waals surface area (Å²) in [6.07, 6.45) is 1.66. The van der Waals surface area contributed by atoms with E-state index < -0.39 is 0 Å². The maximum absolute atomic E-state index is 12.4. The highest BCUT2D eigenvalue weighted by Crippen LogP contribution is 2.38. The second-order valence-electron chi connectivity index (χ2n) is 5.05. The average molecular weight is 332 g/mol. The number of pyridine rings is 1. The molecule has 1 aromatic heterocycles. The standard InChI is InChI=1S/C17H20N2O5/c1-19-7-5-6-11(17(19)21)10-18-16(20)12-8-13(22-2)15(24-4)14(9-12)23-3/h5-9H,10H2,1-4H3,(H,18,20). The summed E-state index contributed by atoms with van der Waals surface area (Å²) in [5.74, 6) is 0.837. The first-order valence-electron chi connectivity index (χ1n) is 7.24. The summed E-state index contributed by atoms with van der Waals surface area (Å²) in [7, 11) is 6.11. The third-order valence-corrected chi connectivity index (χ3v) is 3.57. The summed E-state index contributed by atoms with van der Waals surface area (Å²) < 4.78 is 17.1. The van der Waals surface area contributed by atoms with Crippen molar-refractivity contribution in [2.45, 2.75) is 6.54 Å². The fourth-order valence-electron chi connectivity index (χ4n) is 2.28. The zero-order valence-corrected chi connectivity index (χ0v) is 14.1. The van der Waals surface area contributed by atoms with Crippen LogP contribution in [0.1, 0.15) is 15.9 Å². The Labute approximate surface area is 139 Å². The summed E-state index contributed by atoms with van der Waals surface area (Å²) in [4.78, 5) is 24.3. The van der Waals surface area contributed by atoms with Gasteiger partial charge in [-0.05, 0) is 18.2 Å². The zero-order chi connectivity index (χ0) is 17.7. The molecule has 0 aliphatic carbocycles. The summed E-state index contributed by atoms with van der Waals surface area (Å²) in [5, 5.41) is 2.72. The number of hydrogen-bond acceptors (Lipinski definition) is 5. The van der Waals surface area contributed by atoms with Crippen molar-refractivity contribution in [1.82, 2.24) is 9.88 Å². The van der Waals surface area contributed by atoms with E-state index in [0.717, 1.165) is 0 Å². The highest BCUT2D eigenvalue weighted by Gasteiger charge is 2.17. The lowest BCUT2D eigenvalue weighted by Gasteiger charge is -2.14. The van der Waals surface area contributed by atoms with Crippen LogP contribution >= 0.6 is 0 Å². The highest BCUT2D eigenvalue weighted by atomic mass is 16.5. The Balaban J connectivity index is 2.23. The van der Waals surface area contributed by atoms with E-state index in [4.69, 9.17) is 14.2 Å². The molecule has 0 atom stereocenters. The molecule has 0 saturated heterocycles. The zero-order valence-electron chi connectivity index (χ0n) is 14.1. The maximum Gasteiger partial charge on any atom is 0.255 e. The van der Waals surface area contributed by atoms with E-state index in [2.05, 4.69) is 5.32 Å². The second kappa shape index (κ2) is 7.54. The third-order valence-electron chi connectivity index (χ3n) is 3.57. The topological polar surface area (TPSA) is 78.8 Å². The van der Waals surface area contributed by atoms with E-state index in [1.807, 2.05) is 0 Å². The first-order valence-corrected chi connectivity index (χ1v) is 7.24. The number of rotatable bonds is 6. The van der Waals surface area contributed by atoms with Crippen molar-refractivity contribution in [2.24, 2.45) is 7.05 Å². The second-order valence-corrected chi connectivity index (χ2v) is 5.05. The van der Waals surface area contributed by atoms with Crippen LogP contribution in [0.5, 0.6) is 17.2 Å². The van der Waals surface area contributed by atoms with Crippen LogP contribution in [0, 0.1) is 0 Å². The van der Waals surface area contributed by atoms with Crippen LogP contribution in [0.2, 0.25) is 0 Å². The van der Waals surface area contributed by atoms with E-state index in [9.17, 15) is 9.59 Å². The van der Waals surface area contributed by atoms with Crippen LogP contribution in [-0.4, -0.2) is 31.8 Å². The fourth-order valence-corrected chi connectivity index (χ4v) is 2.28. The van der Waals surface area contributed by atoms with Gasteiger partial charge in [0.05, 0.1) is 21.3 Å². The number of methoxy groups -OCH3 is 3. The van der Waals surface area contributed by atoms with Gasteiger partial charge in [0, 0.05) is 30.9 Å². The Hall–Kier alpha value is -2.96. The van der Waals surface area contributed by atoms with Crippen LogP contribution in [0.3, 0.4) is 0 Å². The number of carbonyl (C=O) groups is 1. The van der Waals surface area contributed by atoms with Gasteiger partial charge in [-0.3, -0.25) is 9.59 Å². The van der Waals surface area contributed by atoms with Gasteiger partial charge in [0.25, 0.3) is 11.5 Å². The molecule has 1 heterocycles. The molecule has 0 radical (unpaired) electrons. The van der Waals surface area contributed by atoms with Crippen molar-refractivity contribution in [2.75, 3.05) is 21.3 Å². The molecule has 2 aromatic rings. The summed E-state index contributed by atoms with van der Waals surface area (Å²) >= 11 is 0. The molecule has 1 aromatic carbocycles. The lowest BCUT2D eigenvalue weighted by atomic mass is 10.1. The monoisotopic (exact) mass is 332 g/mol. The number of carbonyl (C=O) groups excluding carboxylic acids is 1. The molecule has 1 amide bonds. The van der Waals surface area contributed by atoms with E-state index in [0.29, 0.717) is 28.4 Å². The van der Waals surface area contributed by atoms with Crippen molar-refractivity contribution in [3.05, 3.63) is 51.9 Å². The minimum atomic E-state index is -0.347. The van der Waals surface area contributed by atoms with Gasteiger partial charge in [0.1, 0.15) is 0 Å². The Morgan fingerprint density at radius 1 is 1.12 bits per heavy atom. The van der Waals surface area contributed by atoms with Crippen LogP contribution < -0.4 is 25.1 Å². The van der Waals surface area contributed by atoms with Crippen LogP contribution in [0.15, 0.2) is 35.3 Å². The molecule has 7 heteroatoms. The number of amides is 1. The first kappa shape index (κ1) is 17.4. The fraction of sp³-hybridized carbons (Fsp3) is 0.294. The van der Waals surface area contributed by atoms with Crippen molar-refractivity contribution in [1.29, 1.82) is 0 Å². The van der Waals surface area contributed by atoms with Gasteiger partial charge in [0.2, 0.25) is 5.75 Å². The molecule has 0 saturated carbocycles. The Bertz CT molecular complexity index is 773. The smallest absolute Gasteiger partial charge is 0.255 e. The van der Waals surface area contributed by atoms with Gasteiger partial charge in [-0.15, -0.1) is 0 Å². The van der Waals surface area contributed by atoms with Gasteiger partial charge in [0.15, 0.2) is 11.5 Å². The Morgan fingerprint density at radius 2 is 1.75 bits per heavy atom. The number of benzene rings is 1. The van der Waals surface area contributed by atoms with Gasteiger partial charge in [-0.25, -0.2) is 0 Å². The molecule has 2 rings (SSSR count). The number of nitrogens with one attached hydrogen (secondary N) is 1. The van der Waals surface area contributed by atoms with Gasteiger partial charge in [-0.1, -0.05) is 6.07 Å². The predicted molar refractivity (Wildman–Crippen MR) is 89.0 cm³/mol. The van der Waals surface area contributed by atoms with Crippen LogP contribution in [0.4, 0.5) is 0 Å². The molecule has 7 nitrogen and oxygen atoms in total. The van der Waals surface area contributed by atoms with Crippen molar-refractivity contribution in [3.63, 3.8) is 0 Å². The summed E-state index contributed by atoms with van der Waals surface area (Å²) in [5.41, 5.74) is 0.695. The number of ether oxygens (including phenoxy) is 3. The third kappa shape index (κ3) is 3.51. The Morgan fingerprint density at radius 3 is 2.29 bits per heavy atom. The number of aromatic nitrogens is 1.